The third-order valence-electron chi connectivity index (χ3n) is 5.14. The molecule has 1 saturated heterocycles. The molecule has 0 bridgehead atoms. The molecule has 1 aliphatic heterocycles. The molecule has 2 atom stereocenters. The topological polar surface area (TPSA) is 89.9 Å². The molecule has 1 heterocycles. The number of piperidine rings is 1. The minimum absolute atomic E-state index is 0.339. The number of carbonyl (C=O) groups is 2. The van der Waals surface area contributed by atoms with E-state index < -0.39 is 24.0 Å². The Labute approximate surface area is 152 Å². The number of hydrogen-bond donors (Lipinski definition) is 3. The number of hydrogen-bond acceptors (Lipinski definition) is 4. The van der Waals surface area contributed by atoms with Crippen molar-refractivity contribution in [1.82, 2.24) is 10.2 Å². The van der Waals surface area contributed by atoms with Crippen LogP contribution in [-0.4, -0.2) is 59.3 Å². The molecule has 2 aromatic carbocycles. The molecule has 2 unspecified atom stereocenters. The Morgan fingerprint density at radius 2 is 1.69 bits per heavy atom. The number of likely N-dealkylation sites (tertiary alicyclic amines) is 1. The summed E-state index contributed by atoms with van der Waals surface area (Å²) in [6.07, 6.45) is -1.92. The van der Waals surface area contributed by atoms with Crippen molar-refractivity contribution in [2.75, 3.05) is 20.1 Å². The van der Waals surface area contributed by atoms with E-state index in [-0.39, 0.29) is 0 Å². The number of likely N-dealkylation sites (N-methyl/N-ethyl adjacent to an activating group) is 1. The zero-order chi connectivity index (χ0) is 18.7. The molecule has 138 valence electrons. The smallest absolute Gasteiger partial charge is 0.254 e. The first-order valence-corrected chi connectivity index (χ1v) is 8.87. The molecule has 0 aliphatic carbocycles. The highest BCUT2D eigenvalue weighted by Gasteiger charge is 2.34. The van der Waals surface area contributed by atoms with Gasteiger partial charge in [-0.05, 0) is 35.1 Å². The Hall–Kier alpha value is -2.44. The average molecular weight is 356 g/mol. The molecular formula is C20H24N2O4. The van der Waals surface area contributed by atoms with Crippen molar-refractivity contribution in [3.05, 3.63) is 48.0 Å². The van der Waals surface area contributed by atoms with Gasteiger partial charge in [0.1, 0.15) is 0 Å². The van der Waals surface area contributed by atoms with Gasteiger partial charge in [-0.1, -0.05) is 42.5 Å². The number of carbonyl (C=O) groups excluding carboxylic acids is 2. The van der Waals surface area contributed by atoms with Crippen LogP contribution in [0.25, 0.3) is 10.8 Å². The van der Waals surface area contributed by atoms with E-state index in [1.165, 1.54) is 28.3 Å². The summed E-state index contributed by atoms with van der Waals surface area (Å²) in [6, 6.07) is 14.5. The number of rotatable bonds is 4. The second-order valence-electron chi connectivity index (χ2n) is 6.67. The third-order valence-corrected chi connectivity index (χ3v) is 5.14. The average Bonchev–Trinajstić information content (AvgIpc) is 2.71. The van der Waals surface area contributed by atoms with Gasteiger partial charge in [-0.2, -0.15) is 0 Å². The van der Waals surface area contributed by atoms with E-state index in [1.807, 2.05) is 12.1 Å². The molecule has 0 spiro atoms. The quantitative estimate of drug-likeness (QED) is 0.763. The van der Waals surface area contributed by atoms with Crippen LogP contribution >= 0.6 is 0 Å². The van der Waals surface area contributed by atoms with Crippen LogP contribution in [0.5, 0.6) is 0 Å². The van der Waals surface area contributed by atoms with Crippen molar-refractivity contribution in [3.8, 4) is 0 Å². The van der Waals surface area contributed by atoms with E-state index in [0.29, 0.717) is 19.0 Å². The monoisotopic (exact) mass is 356 g/mol. The van der Waals surface area contributed by atoms with Gasteiger partial charge in [0.05, 0.1) is 0 Å². The van der Waals surface area contributed by atoms with Gasteiger partial charge in [-0.15, -0.1) is 0 Å². The summed E-state index contributed by atoms with van der Waals surface area (Å²) in [6.45, 7) is 0.981. The van der Waals surface area contributed by atoms with E-state index in [9.17, 15) is 19.8 Å². The highest BCUT2D eigenvalue weighted by Crippen LogP contribution is 2.33. The second kappa shape index (κ2) is 7.85. The molecule has 3 rings (SSSR count). The number of nitrogens with one attached hydrogen (secondary N) is 1. The SMILES string of the molecule is CNC(=O)C(O)C(O)C(=O)N1CCC(c2cccc3ccccc23)CC1. The van der Waals surface area contributed by atoms with Crippen LogP contribution in [0.2, 0.25) is 0 Å². The molecular weight excluding hydrogens is 332 g/mol. The summed E-state index contributed by atoms with van der Waals surface area (Å²) in [5, 5.41) is 24.4. The fourth-order valence-electron chi connectivity index (χ4n) is 3.63. The van der Waals surface area contributed by atoms with Gasteiger partial charge in [0.2, 0.25) is 0 Å². The van der Waals surface area contributed by atoms with Crippen molar-refractivity contribution >= 4 is 22.6 Å². The standard InChI is InChI=1S/C20H24N2O4/c1-21-19(25)17(23)18(24)20(26)22-11-9-14(10-12-22)16-8-4-6-13-5-2-3-7-15(13)16/h2-8,14,17-18,23-24H,9-12H2,1H3,(H,21,25). The van der Waals surface area contributed by atoms with E-state index in [1.54, 1.807) is 0 Å². The lowest BCUT2D eigenvalue weighted by Gasteiger charge is -2.34. The molecule has 1 aliphatic rings. The lowest BCUT2D eigenvalue weighted by Crippen LogP contribution is -2.51. The van der Waals surface area contributed by atoms with Crippen LogP contribution in [-0.2, 0) is 9.59 Å². The van der Waals surface area contributed by atoms with Gasteiger partial charge in [-0.25, -0.2) is 0 Å². The molecule has 0 aromatic heterocycles. The highest BCUT2D eigenvalue weighted by molar-refractivity contribution is 5.90. The summed E-state index contributed by atoms with van der Waals surface area (Å²) in [4.78, 5) is 25.3. The van der Waals surface area contributed by atoms with E-state index in [4.69, 9.17) is 0 Å². The second-order valence-corrected chi connectivity index (χ2v) is 6.67. The summed E-state index contributed by atoms with van der Waals surface area (Å²) < 4.78 is 0. The summed E-state index contributed by atoms with van der Waals surface area (Å²) in [5.41, 5.74) is 1.28. The van der Waals surface area contributed by atoms with Crippen molar-refractivity contribution in [1.29, 1.82) is 0 Å². The summed E-state index contributed by atoms with van der Waals surface area (Å²) in [7, 11) is 1.35. The molecule has 2 amide bonds. The van der Waals surface area contributed by atoms with Crippen LogP contribution in [0.15, 0.2) is 42.5 Å². The first-order valence-electron chi connectivity index (χ1n) is 8.87. The predicted molar refractivity (Wildman–Crippen MR) is 98.6 cm³/mol. The minimum Gasteiger partial charge on any atom is -0.380 e. The van der Waals surface area contributed by atoms with E-state index in [2.05, 4.69) is 35.6 Å². The summed E-state index contributed by atoms with van der Waals surface area (Å²) in [5.74, 6) is -1.03. The first kappa shape index (κ1) is 18.4. The van der Waals surface area contributed by atoms with Crippen LogP contribution in [0.1, 0.15) is 24.3 Å². The maximum Gasteiger partial charge on any atom is 0.254 e. The first-order chi connectivity index (χ1) is 12.5. The van der Waals surface area contributed by atoms with Gasteiger partial charge in [0.15, 0.2) is 12.2 Å². The van der Waals surface area contributed by atoms with Crippen LogP contribution in [0.3, 0.4) is 0 Å². The van der Waals surface area contributed by atoms with Crippen LogP contribution in [0.4, 0.5) is 0 Å². The number of aliphatic hydroxyl groups excluding tert-OH is 2. The molecule has 26 heavy (non-hydrogen) atoms. The molecule has 0 radical (unpaired) electrons. The third kappa shape index (κ3) is 3.57. The van der Waals surface area contributed by atoms with Gasteiger partial charge in [-0.3, -0.25) is 9.59 Å². The zero-order valence-electron chi connectivity index (χ0n) is 14.8. The van der Waals surface area contributed by atoms with Gasteiger partial charge < -0.3 is 20.4 Å². The fourth-order valence-corrected chi connectivity index (χ4v) is 3.63. The number of aliphatic hydroxyl groups is 2. The van der Waals surface area contributed by atoms with Crippen molar-refractivity contribution < 1.29 is 19.8 Å². The molecule has 0 saturated carbocycles. The largest absolute Gasteiger partial charge is 0.380 e. The maximum absolute atomic E-state index is 12.4. The van der Waals surface area contributed by atoms with Gasteiger partial charge in [0.25, 0.3) is 11.8 Å². The fraction of sp³-hybridized carbons (Fsp3) is 0.400. The van der Waals surface area contributed by atoms with Crippen molar-refractivity contribution in [2.45, 2.75) is 31.0 Å². The number of nitrogens with zero attached hydrogens (tertiary/aromatic N) is 1. The lowest BCUT2D eigenvalue weighted by atomic mass is 9.86. The predicted octanol–water partition coefficient (Wildman–Crippen LogP) is 1.01. The Morgan fingerprint density at radius 1 is 1.04 bits per heavy atom. The van der Waals surface area contributed by atoms with Crippen molar-refractivity contribution in [3.63, 3.8) is 0 Å². The molecule has 3 N–H and O–H groups in total. The number of amides is 2. The molecule has 6 nitrogen and oxygen atoms in total. The number of fused-ring (bicyclic) bond motifs is 1. The Balaban J connectivity index is 1.67. The van der Waals surface area contributed by atoms with Crippen LogP contribution < -0.4 is 5.32 Å². The molecule has 1 fully saturated rings. The normalized spacial score (nSPS) is 17.7. The minimum atomic E-state index is -1.75. The van der Waals surface area contributed by atoms with E-state index >= 15 is 0 Å². The van der Waals surface area contributed by atoms with Crippen molar-refractivity contribution in [2.24, 2.45) is 0 Å². The zero-order valence-corrected chi connectivity index (χ0v) is 14.8. The van der Waals surface area contributed by atoms with Gasteiger partial charge >= 0.3 is 0 Å². The molecule has 6 heteroatoms. The Kier molecular flexibility index (Phi) is 5.54. The molecule has 2 aromatic rings. The number of benzene rings is 2. The van der Waals surface area contributed by atoms with Gasteiger partial charge in [0, 0.05) is 20.1 Å². The highest BCUT2D eigenvalue weighted by atomic mass is 16.3. The Bertz CT molecular complexity index is 794. The Morgan fingerprint density at radius 3 is 2.38 bits per heavy atom. The van der Waals surface area contributed by atoms with Crippen LogP contribution in [0, 0.1) is 0 Å². The van der Waals surface area contributed by atoms with E-state index in [0.717, 1.165) is 12.8 Å². The lowest BCUT2D eigenvalue weighted by molar-refractivity contribution is -0.153. The summed E-state index contributed by atoms with van der Waals surface area (Å²) >= 11 is 0. The maximum atomic E-state index is 12.4.